The van der Waals surface area contributed by atoms with Gasteiger partial charge in [0.1, 0.15) is 17.5 Å². The van der Waals surface area contributed by atoms with Gasteiger partial charge in [0.2, 0.25) is 11.8 Å². The number of rotatable bonds is 5. The number of methoxy groups -OCH3 is 1. The number of anilines is 1. The van der Waals surface area contributed by atoms with Gasteiger partial charge in [-0.25, -0.2) is 0 Å². The van der Waals surface area contributed by atoms with Crippen molar-refractivity contribution in [1.82, 2.24) is 19.8 Å². The highest BCUT2D eigenvalue weighted by Gasteiger charge is 2.40. The molecule has 0 saturated carbocycles. The van der Waals surface area contributed by atoms with Gasteiger partial charge in [-0.15, -0.1) is 0 Å². The van der Waals surface area contributed by atoms with Gasteiger partial charge >= 0.3 is 0 Å². The highest BCUT2D eigenvalue weighted by Crippen LogP contribution is 2.39. The van der Waals surface area contributed by atoms with Gasteiger partial charge in [-0.05, 0) is 52.3 Å². The van der Waals surface area contributed by atoms with Crippen LogP contribution in [0, 0.1) is 6.92 Å². The van der Waals surface area contributed by atoms with Crippen LogP contribution in [0.3, 0.4) is 0 Å². The van der Waals surface area contributed by atoms with Crippen LogP contribution < -0.4 is 10.1 Å². The summed E-state index contributed by atoms with van der Waals surface area (Å²) in [6.07, 6.45) is 3.47. The number of fused-ring (bicyclic) bond motifs is 3. The number of nitrogens with zero attached hydrogens (tertiary/aromatic N) is 3. The third-order valence-electron chi connectivity index (χ3n) is 7.36. The molecule has 2 aromatic heterocycles. The van der Waals surface area contributed by atoms with Crippen molar-refractivity contribution in [1.29, 1.82) is 0 Å². The molecular weight excluding hydrogens is 486 g/mol. The van der Waals surface area contributed by atoms with Crippen LogP contribution in [0.1, 0.15) is 33.3 Å². The number of H-pyrrole nitrogens is 1. The lowest BCUT2D eigenvalue weighted by atomic mass is 10.0. The van der Waals surface area contributed by atoms with E-state index in [9.17, 15) is 9.59 Å². The summed E-state index contributed by atoms with van der Waals surface area (Å²) < 4.78 is 17.6. The summed E-state index contributed by atoms with van der Waals surface area (Å²) in [6.45, 7) is 11.7. The Labute approximate surface area is 222 Å². The summed E-state index contributed by atoms with van der Waals surface area (Å²) in [4.78, 5) is 38.5. The molecule has 3 aromatic rings. The highest BCUT2D eigenvalue weighted by atomic mass is 16.5. The third-order valence-corrected chi connectivity index (χ3v) is 7.36. The third kappa shape index (κ3) is 5.08. The van der Waals surface area contributed by atoms with Gasteiger partial charge in [0.15, 0.2) is 0 Å². The van der Waals surface area contributed by atoms with Crippen LogP contribution in [0.4, 0.5) is 5.69 Å². The quantitative estimate of drug-likeness (QED) is 0.529. The van der Waals surface area contributed by atoms with Crippen LogP contribution >= 0.6 is 0 Å². The molecule has 4 heterocycles. The van der Waals surface area contributed by atoms with Gasteiger partial charge in [-0.2, -0.15) is 0 Å². The van der Waals surface area contributed by atoms with E-state index in [0.29, 0.717) is 31.1 Å². The fourth-order valence-corrected chi connectivity index (χ4v) is 5.71. The first-order chi connectivity index (χ1) is 18.1. The van der Waals surface area contributed by atoms with Crippen molar-refractivity contribution in [2.45, 2.75) is 58.5 Å². The van der Waals surface area contributed by atoms with Gasteiger partial charge in [0, 0.05) is 36.6 Å². The number of aromatic nitrogens is 2. The van der Waals surface area contributed by atoms with E-state index in [1.54, 1.807) is 19.5 Å². The predicted octanol–water partition coefficient (Wildman–Crippen LogP) is 3.09. The Morgan fingerprint density at radius 2 is 1.97 bits per heavy atom. The summed E-state index contributed by atoms with van der Waals surface area (Å²) in [5.74, 6) is 0.321. The molecule has 10 nitrogen and oxygen atoms in total. The second-order valence-corrected chi connectivity index (χ2v) is 11.1. The van der Waals surface area contributed by atoms with Gasteiger partial charge in [-0.3, -0.25) is 19.5 Å². The Morgan fingerprint density at radius 1 is 1.24 bits per heavy atom. The molecule has 5 rings (SSSR count). The molecule has 0 radical (unpaired) electrons. The predicted molar refractivity (Wildman–Crippen MR) is 145 cm³/mol. The number of benzene rings is 1. The molecule has 2 saturated heterocycles. The molecule has 0 bridgehead atoms. The van der Waals surface area contributed by atoms with Crippen LogP contribution in [0.15, 0.2) is 24.5 Å². The number of hydrogen-bond acceptors (Lipinski definition) is 7. The Hall–Kier alpha value is -3.21. The number of morpholine rings is 2. The average molecular weight is 524 g/mol. The topological polar surface area (TPSA) is 109 Å². The first-order valence-electron chi connectivity index (χ1n) is 13.1. The van der Waals surface area contributed by atoms with Gasteiger partial charge < -0.3 is 29.4 Å². The van der Waals surface area contributed by atoms with Crippen LogP contribution in [0.2, 0.25) is 0 Å². The zero-order chi connectivity index (χ0) is 27.2. The molecule has 10 heteroatoms. The van der Waals surface area contributed by atoms with Crippen LogP contribution in [0.25, 0.3) is 21.8 Å². The van der Waals surface area contributed by atoms with E-state index < -0.39 is 11.6 Å². The monoisotopic (exact) mass is 523 g/mol. The maximum absolute atomic E-state index is 13.8. The standard InChI is InChI=1S/C28H37N5O5/c1-16-9-20-19-7-8-29-10-21(19)30-24(20)25(26(16)36-6)31-27(35)22-14-37-28(4,5)15-33(22)13-23(34)32-11-17(2)38-18(3)12-32/h7-10,17-18,22,30H,11-15H2,1-6H3,(H,31,35). The maximum Gasteiger partial charge on any atom is 0.244 e. The molecule has 0 aliphatic carbocycles. The molecule has 0 spiro atoms. The van der Waals surface area contributed by atoms with E-state index >= 15 is 0 Å². The maximum atomic E-state index is 13.8. The zero-order valence-corrected chi connectivity index (χ0v) is 23.0. The number of carbonyl (C=O) groups excluding carboxylic acids is 2. The summed E-state index contributed by atoms with van der Waals surface area (Å²) >= 11 is 0. The van der Waals surface area contributed by atoms with Crippen LogP contribution in [0.5, 0.6) is 5.75 Å². The molecule has 2 fully saturated rings. The minimum Gasteiger partial charge on any atom is -0.494 e. The summed E-state index contributed by atoms with van der Waals surface area (Å²) in [6, 6.07) is 3.35. The number of hydrogen-bond donors (Lipinski definition) is 2. The number of nitrogens with one attached hydrogen (secondary N) is 2. The van der Waals surface area contributed by atoms with Crippen molar-refractivity contribution in [3.8, 4) is 5.75 Å². The fraction of sp³-hybridized carbons (Fsp3) is 0.536. The number of carbonyl (C=O) groups is 2. The van der Waals surface area contributed by atoms with E-state index in [-0.39, 0.29) is 37.2 Å². The van der Waals surface area contributed by atoms with Crippen molar-refractivity contribution < 1.29 is 23.8 Å². The SMILES string of the molecule is COc1c(C)cc2c([nH]c3cnccc32)c1NC(=O)C1COC(C)(C)CN1CC(=O)N1CC(C)OC(C)C1. The van der Waals surface area contributed by atoms with E-state index in [0.717, 1.165) is 27.4 Å². The molecule has 2 N–H and O–H groups in total. The largest absolute Gasteiger partial charge is 0.494 e. The second kappa shape index (κ2) is 10.2. The van der Waals surface area contributed by atoms with Gasteiger partial charge in [-0.1, -0.05) is 0 Å². The lowest BCUT2D eigenvalue weighted by Gasteiger charge is -2.43. The van der Waals surface area contributed by atoms with Crippen LogP contribution in [-0.4, -0.2) is 95.3 Å². The second-order valence-electron chi connectivity index (χ2n) is 11.1. The molecule has 2 aliphatic heterocycles. The minimum atomic E-state index is -0.644. The Morgan fingerprint density at radius 3 is 2.68 bits per heavy atom. The number of aromatic amines is 1. The molecule has 204 valence electrons. The number of ether oxygens (including phenoxy) is 3. The van der Waals surface area contributed by atoms with E-state index in [2.05, 4.69) is 15.3 Å². The zero-order valence-electron chi connectivity index (χ0n) is 23.0. The molecule has 2 amide bonds. The number of aryl methyl sites for hydroxylation is 1. The summed E-state index contributed by atoms with van der Waals surface area (Å²) in [5.41, 5.74) is 2.61. The van der Waals surface area contributed by atoms with E-state index in [4.69, 9.17) is 14.2 Å². The van der Waals surface area contributed by atoms with Crippen molar-refractivity contribution in [3.05, 3.63) is 30.1 Å². The molecule has 2 aliphatic rings. The molecule has 3 atom stereocenters. The fourth-order valence-electron chi connectivity index (χ4n) is 5.71. The first kappa shape index (κ1) is 26.4. The van der Waals surface area contributed by atoms with Crippen molar-refractivity contribution in [2.75, 3.05) is 45.2 Å². The minimum absolute atomic E-state index is 0.0128. The van der Waals surface area contributed by atoms with Crippen LogP contribution in [-0.2, 0) is 19.1 Å². The summed E-state index contributed by atoms with van der Waals surface area (Å²) in [7, 11) is 1.59. The highest BCUT2D eigenvalue weighted by molar-refractivity contribution is 6.15. The average Bonchev–Trinajstić information content (AvgIpc) is 3.21. The Bertz CT molecular complexity index is 1360. The van der Waals surface area contributed by atoms with E-state index in [1.165, 1.54) is 0 Å². The molecule has 3 unspecified atom stereocenters. The number of pyridine rings is 1. The van der Waals surface area contributed by atoms with Gasteiger partial charge in [0.25, 0.3) is 0 Å². The van der Waals surface area contributed by atoms with Crippen molar-refractivity contribution in [2.24, 2.45) is 0 Å². The Kier molecular flexibility index (Phi) is 7.06. The lowest BCUT2D eigenvalue weighted by Crippen LogP contribution is -2.61. The van der Waals surface area contributed by atoms with Gasteiger partial charge in [0.05, 0.1) is 55.3 Å². The Balaban J connectivity index is 1.44. The van der Waals surface area contributed by atoms with Crippen molar-refractivity contribution in [3.63, 3.8) is 0 Å². The molecule has 38 heavy (non-hydrogen) atoms. The molecular formula is C28H37N5O5. The summed E-state index contributed by atoms with van der Waals surface area (Å²) in [5, 5.41) is 5.10. The number of amides is 2. The van der Waals surface area contributed by atoms with Crippen molar-refractivity contribution >= 4 is 39.3 Å². The van der Waals surface area contributed by atoms with E-state index in [1.807, 2.05) is 56.6 Å². The molecule has 1 aromatic carbocycles. The smallest absolute Gasteiger partial charge is 0.244 e. The normalized spacial score (nSPS) is 24.1. The lowest BCUT2D eigenvalue weighted by molar-refractivity contribution is -0.156. The first-order valence-corrected chi connectivity index (χ1v) is 13.1.